The number of methoxy groups -OCH3 is 1. The van der Waals surface area contributed by atoms with Crippen LogP contribution in [-0.2, 0) is 10.5 Å². The van der Waals surface area contributed by atoms with Crippen LogP contribution < -0.4 is 5.32 Å². The molecule has 3 nitrogen and oxygen atoms in total. The van der Waals surface area contributed by atoms with E-state index in [0.29, 0.717) is 15.6 Å². The highest BCUT2D eigenvalue weighted by molar-refractivity contribution is 8.22. The molecule has 0 bridgehead atoms. The zero-order valence-electron chi connectivity index (χ0n) is 12.5. The molecule has 0 fully saturated rings. The SMILES string of the molecule is COC(=O)c1ccccc1CSC(=S)Nc1ccc(C)cc1. The molecule has 2 aromatic rings. The number of carbonyl (C=O) groups is 1. The highest BCUT2D eigenvalue weighted by Crippen LogP contribution is 2.20. The van der Waals surface area contributed by atoms with Crippen LogP contribution >= 0.6 is 24.0 Å². The number of esters is 1. The quantitative estimate of drug-likeness (QED) is 0.663. The number of aryl methyl sites for hydroxylation is 1. The molecule has 0 unspecified atom stereocenters. The Balaban J connectivity index is 1.96. The van der Waals surface area contributed by atoms with E-state index in [1.807, 2.05) is 49.4 Å². The summed E-state index contributed by atoms with van der Waals surface area (Å²) in [6, 6.07) is 15.4. The third-order valence-corrected chi connectivity index (χ3v) is 4.35. The first-order valence-electron chi connectivity index (χ1n) is 6.77. The zero-order valence-corrected chi connectivity index (χ0v) is 14.1. The van der Waals surface area contributed by atoms with Crippen LogP contribution in [0.1, 0.15) is 21.5 Å². The number of anilines is 1. The van der Waals surface area contributed by atoms with Gasteiger partial charge in [-0.25, -0.2) is 4.79 Å². The second-order valence-electron chi connectivity index (χ2n) is 4.72. The number of ether oxygens (including phenoxy) is 1. The minimum atomic E-state index is -0.325. The fourth-order valence-corrected chi connectivity index (χ4v) is 2.91. The molecule has 0 aliphatic rings. The van der Waals surface area contributed by atoms with Gasteiger partial charge in [0.25, 0.3) is 0 Å². The summed E-state index contributed by atoms with van der Waals surface area (Å²) in [5.74, 6) is 0.289. The molecule has 0 aliphatic heterocycles. The summed E-state index contributed by atoms with van der Waals surface area (Å²) in [5.41, 5.74) is 3.66. The second-order valence-corrected chi connectivity index (χ2v) is 6.37. The molecular formula is C17H17NO2S2. The number of hydrogen-bond donors (Lipinski definition) is 1. The van der Waals surface area contributed by atoms with E-state index in [4.69, 9.17) is 17.0 Å². The molecular weight excluding hydrogens is 314 g/mol. The monoisotopic (exact) mass is 331 g/mol. The third-order valence-electron chi connectivity index (χ3n) is 3.08. The Bertz CT molecular complexity index is 669. The number of thiocarbonyl (C=S) groups is 1. The van der Waals surface area contributed by atoms with Crippen LogP contribution in [0.25, 0.3) is 0 Å². The van der Waals surface area contributed by atoms with Gasteiger partial charge in [0.2, 0.25) is 0 Å². The van der Waals surface area contributed by atoms with Gasteiger partial charge >= 0.3 is 5.97 Å². The zero-order chi connectivity index (χ0) is 15.9. The molecule has 0 aromatic heterocycles. The van der Waals surface area contributed by atoms with Crippen molar-refractivity contribution in [1.82, 2.24) is 0 Å². The average Bonchev–Trinajstić information content (AvgIpc) is 2.54. The Morgan fingerprint density at radius 1 is 1.18 bits per heavy atom. The van der Waals surface area contributed by atoms with Crippen LogP contribution in [0.5, 0.6) is 0 Å². The van der Waals surface area contributed by atoms with E-state index in [1.165, 1.54) is 24.4 Å². The molecule has 2 aromatic carbocycles. The number of nitrogens with one attached hydrogen (secondary N) is 1. The maximum absolute atomic E-state index is 11.7. The van der Waals surface area contributed by atoms with Gasteiger partial charge in [0, 0.05) is 11.4 Å². The first-order chi connectivity index (χ1) is 10.6. The molecule has 0 radical (unpaired) electrons. The Morgan fingerprint density at radius 3 is 2.55 bits per heavy atom. The predicted molar refractivity (Wildman–Crippen MR) is 96.5 cm³/mol. The minimum Gasteiger partial charge on any atom is -0.465 e. The molecule has 1 N–H and O–H groups in total. The maximum atomic E-state index is 11.7. The second kappa shape index (κ2) is 7.96. The van der Waals surface area contributed by atoms with Crippen LogP contribution in [0.2, 0.25) is 0 Å². The summed E-state index contributed by atoms with van der Waals surface area (Å²) in [4.78, 5) is 11.7. The van der Waals surface area contributed by atoms with Gasteiger partial charge in [0.05, 0.1) is 12.7 Å². The number of thioether (sulfide) groups is 1. The van der Waals surface area contributed by atoms with Crippen molar-refractivity contribution in [3.8, 4) is 0 Å². The van der Waals surface area contributed by atoms with Gasteiger partial charge in [-0.05, 0) is 30.7 Å². The largest absolute Gasteiger partial charge is 0.465 e. The summed E-state index contributed by atoms with van der Waals surface area (Å²) < 4.78 is 5.46. The molecule has 2 rings (SSSR count). The molecule has 0 saturated carbocycles. The van der Waals surface area contributed by atoms with Crippen LogP contribution in [0, 0.1) is 6.92 Å². The van der Waals surface area contributed by atoms with Gasteiger partial charge in [-0.1, -0.05) is 59.9 Å². The topological polar surface area (TPSA) is 38.3 Å². The number of benzene rings is 2. The molecule has 0 aliphatic carbocycles. The van der Waals surface area contributed by atoms with E-state index < -0.39 is 0 Å². The van der Waals surface area contributed by atoms with Crippen LogP contribution in [-0.4, -0.2) is 17.4 Å². The van der Waals surface area contributed by atoms with Gasteiger partial charge in [0.1, 0.15) is 4.32 Å². The summed E-state index contributed by atoms with van der Waals surface area (Å²) >= 11 is 6.82. The summed E-state index contributed by atoms with van der Waals surface area (Å²) in [6.45, 7) is 2.04. The van der Waals surface area contributed by atoms with Crippen molar-refractivity contribution in [2.24, 2.45) is 0 Å². The summed E-state index contributed by atoms with van der Waals surface area (Å²) in [5, 5.41) is 3.18. The van der Waals surface area contributed by atoms with Gasteiger partial charge in [-0.2, -0.15) is 0 Å². The molecule has 22 heavy (non-hydrogen) atoms. The first-order valence-corrected chi connectivity index (χ1v) is 8.16. The van der Waals surface area contributed by atoms with Crippen molar-refractivity contribution < 1.29 is 9.53 Å². The van der Waals surface area contributed by atoms with Crippen molar-refractivity contribution in [3.63, 3.8) is 0 Å². The van der Waals surface area contributed by atoms with Crippen molar-refractivity contribution >= 4 is 40.0 Å². The molecule has 0 spiro atoms. The van der Waals surface area contributed by atoms with E-state index in [0.717, 1.165) is 11.3 Å². The fraction of sp³-hybridized carbons (Fsp3) is 0.176. The predicted octanol–water partition coefficient (Wildman–Crippen LogP) is 4.41. The van der Waals surface area contributed by atoms with Crippen molar-refractivity contribution in [2.75, 3.05) is 12.4 Å². The van der Waals surface area contributed by atoms with Crippen LogP contribution in [0.15, 0.2) is 48.5 Å². The highest BCUT2D eigenvalue weighted by Gasteiger charge is 2.11. The summed E-state index contributed by atoms with van der Waals surface area (Å²) in [6.07, 6.45) is 0. The lowest BCUT2D eigenvalue weighted by Gasteiger charge is -2.10. The van der Waals surface area contributed by atoms with E-state index in [9.17, 15) is 4.79 Å². The average molecular weight is 331 g/mol. The molecule has 114 valence electrons. The minimum absolute atomic E-state index is 0.325. The third kappa shape index (κ3) is 4.58. The first kappa shape index (κ1) is 16.5. The van der Waals surface area contributed by atoms with Gasteiger partial charge in [-0.3, -0.25) is 0 Å². The van der Waals surface area contributed by atoms with Crippen LogP contribution in [0.3, 0.4) is 0 Å². The molecule has 0 amide bonds. The smallest absolute Gasteiger partial charge is 0.338 e. The molecule has 0 heterocycles. The van der Waals surface area contributed by atoms with Gasteiger partial charge < -0.3 is 10.1 Å². The normalized spacial score (nSPS) is 10.1. The summed E-state index contributed by atoms with van der Waals surface area (Å²) in [7, 11) is 1.38. The highest BCUT2D eigenvalue weighted by atomic mass is 32.2. The Morgan fingerprint density at radius 2 is 1.86 bits per heavy atom. The van der Waals surface area contributed by atoms with Gasteiger partial charge in [0.15, 0.2) is 0 Å². The van der Waals surface area contributed by atoms with E-state index in [-0.39, 0.29) is 5.97 Å². The standard InChI is InChI=1S/C17H17NO2S2/c1-12-7-9-14(10-8-12)18-17(21)22-11-13-5-3-4-6-15(13)16(19)20-2/h3-10H,11H2,1-2H3,(H,18,21). The van der Waals surface area contributed by atoms with Crippen molar-refractivity contribution in [1.29, 1.82) is 0 Å². The lowest BCUT2D eigenvalue weighted by Crippen LogP contribution is -2.08. The Labute approximate surface area is 140 Å². The maximum Gasteiger partial charge on any atom is 0.338 e. The number of rotatable bonds is 4. The molecule has 0 saturated heterocycles. The van der Waals surface area contributed by atoms with Gasteiger partial charge in [-0.15, -0.1) is 0 Å². The molecule has 0 atom stereocenters. The molecule has 5 heteroatoms. The van der Waals surface area contributed by atoms with Crippen molar-refractivity contribution in [2.45, 2.75) is 12.7 Å². The van der Waals surface area contributed by atoms with E-state index in [1.54, 1.807) is 6.07 Å². The Kier molecular flexibility index (Phi) is 5.98. The fourth-order valence-electron chi connectivity index (χ4n) is 1.89. The van der Waals surface area contributed by atoms with E-state index >= 15 is 0 Å². The lowest BCUT2D eigenvalue weighted by atomic mass is 10.1. The van der Waals surface area contributed by atoms with E-state index in [2.05, 4.69) is 5.32 Å². The number of hydrogen-bond acceptors (Lipinski definition) is 4. The van der Waals surface area contributed by atoms with Crippen molar-refractivity contribution in [3.05, 3.63) is 65.2 Å². The van der Waals surface area contributed by atoms with Crippen LogP contribution in [0.4, 0.5) is 5.69 Å². The Hall–Kier alpha value is -1.85. The lowest BCUT2D eigenvalue weighted by molar-refractivity contribution is 0.0600. The number of carbonyl (C=O) groups excluding carboxylic acids is 1.